The summed E-state index contributed by atoms with van der Waals surface area (Å²) in [5.41, 5.74) is -0.295. The van der Waals surface area contributed by atoms with E-state index in [-0.39, 0.29) is 28.8 Å². The zero-order valence-electron chi connectivity index (χ0n) is 20.4. The second-order valence-corrected chi connectivity index (χ2v) is 9.48. The molecule has 0 atom stereocenters. The first kappa shape index (κ1) is 28.5. The van der Waals surface area contributed by atoms with Gasteiger partial charge in [-0.3, -0.25) is 9.69 Å². The monoisotopic (exact) mass is 539 g/mol. The number of halogens is 6. The van der Waals surface area contributed by atoms with Crippen molar-refractivity contribution >= 4 is 17.6 Å². The van der Waals surface area contributed by atoms with Gasteiger partial charge in [-0.15, -0.1) is 13.2 Å². The summed E-state index contributed by atoms with van der Waals surface area (Å²) in [6, 6.07) is 13.5. The third-order valence-electron chi connectivity index (χ3n) is 5.57. The highest BCUT2D eigenvalue weighted by Crippen LogP contribution is 2.37. The van der Waals surface area contributed by atoms with Crippen LogP contribution in [0.3, 0.4) is 0 Å². The number of carboxylic acids is 1. The maximum atomic E-state index is 13.8. The van der Waals surface area contributed by atoms with Gasteiger partial charge in [0.15, 0.2) is 0 Å². The normalized spacial score (nSPS) is 12.2. The Hall–Kier alpha value is -4.02. The van der Waals surface area contributed by atoms with E-state index < -0.39 is 35.7 Å². The van der Waals surface area contributed by atoms with Crippen LogP contribution in [0.5, 0.6) is 5.75 Å². The molecule has 3 rings (SSSR count). The van der Waals surface area contributed by atoms with Gasteiger partial charge in [0.05, 0.1) is 12.1 Å². The molecular formula is C27H23F6NO4. The van der Waals surface area contributed by atoms with Crippen molar-refractivity contribution in [3.8, 4) is 16.9 Å². The number of nitrogens with zero attached hydrogens (tertiary/aromatic N) is 1. The van der Waals surface area contributed by atoms with E-state index >= 15 is 0 Å². The van der Waals surface area contributed by atoms with Gasteiger partial charge in [-0.1, -0.05) is 57.2 Å². The van der Waals surface area contributed by atoms with Gasteiger partial charge >= 0.3 is 24.4 Å². The smallest absolute Gasteiger partial charge is 0.474 e. The Balaban J connectivity index is 2.08. The molecule has 202 valence electrons. The van der Waals surface area contributed by atoms with Crippen molar-refractivity contribution < 1.29 is 45.8 Å². The maximum absolute atomic E-state index is 13.8. The van der Waals surface area contributed by atoms with Crippen LogP contribution in [0, 0.1) is 0 Å². The topological polar surface area (TPSA) is 66.8 Å². The van der Waals surface area contributed by atoms with Crippen molar-refractivity contribution in [3.63, 3.8) is 0 Å². The van der Waals surface area contributed by atoms with E-state index in [4.69, 9.17) is 0 Å². The summed E-state index contributed by atoms with van der Waals surface area (Å²) in [6.07, 6.45) is -9.82. The second kappa shape index (κ2) is 10.4. The number of benzene rings is 3. The summed E-state index contributed by atoms with van der Waals surface area (Å²) in [6.45, 7) is 5.60. The molecule has 0 fully saturated rings. The highest BCUT2D eigenvalue weighted by Gasteiger charge is 2.34. The van der Waals surface area contributed by atoms with Gasteiger partial charge in [0.2, 0.25) is 0 Å². The Kier molecular flexibility index (Phi) is 7.81. The molecular weight excluding hydrogens is 516 g/mol. The highest BCUT2D eigenvalue weighted by atomic mass is 19.4. The number of carbonyl (C=O) groups is 2. The molecule has 0 heterocycles. The first-order chi connectivity index (χ1) is 17.4. The molecule has 5 nitrogen and oxygen atoms in total. The number of aliphatic carboxylic acids is 1. The standard InChI is InChI=1S/C27H23F6NO4/c1-25(2,3)19-8-4-16(5-9-19)15-34(23(35)24(36)37)21-13-18(12-20(14-21)26(28,29)30)17-6-10-22(11-7-17)38-27(31,32)33/h4-14H,15H2,1-3H3,(H,36,37). The molecule has 0 radical (unpaired) electrons. The quantitative estimate of drug-likeness (QED) is 0.275. The minimum Gasteiger partial charge on any atom is -0.474 e. The second-order valence-electron chi connectivity index (χ2n) is 9.48. The lowest BCUT2D eigenvalue weighted by Crippen LogP contribution is -2.36. The van der Waals surface area contributed by atoms with Crippen LogP contribution in [0.2, 0.25) is 0 Å². The molecule has 0 aliphatic carbocycles. The third kappa shape index (κ3) is 7.27. The molecule has 3 aromatic carbocycles. The van der Waals surface area contributed by atoms with Crippen LogP contribution in [0.1, 0.15) is 37.5 Å². The van der Waals surface area contributed by atoms with Crippen molar-refractivity contribution in [1.29, 1.82) is 0 Å². The largest absolute Gasteiger partial charge is 0.573 e. The summed E-state index contributed by atoms with van der Waals surface area (Å²) in [5.74, 6) is -3.90. The number of hydrogen-bond donors (Lipinski definition) is 1. The van der Waals surface area contributed by atoms with E-state index in [9.17, 15) is 41.0 Å². The predicted octanol–water partition coefficient (Wildman–Crippen LogP) is 7.19. The van der Waals surface area contributed by atoms with Gasteiger partial charge in [-0.25, -0.2) is 4.79 Å². The molecule has 0 aromatic heterocycles. The van der Waals surface area contributed by atoms with E-state index in [0.29, 0.717) is 16.5 Å². The fourth-order valence-corrected chi connectivity index (χ4v) is 3.63. The van der Waals surface area contributed by atoms with E-state index in [1.54, 1.807) is 24.3 Å². The zero-order chi connectivity index (χ0) is 28.5. The lowest BCUT2D eigenvalue weighted by Gasteiger charge is -2.24. The Morgan fingerprint density at radius 1 is 0.789 bits per heavy atom. The van der Waals surface area contributed by atoms with Crippen LogP contribution in [0.15, 0.2) is 66.7 Å². The number of carboxylic acid groups (broad SMARTS) is 1. The zero-order valence-corrected chi connectivity index (χ0v) is 20.4. The van der Waals surface area contributed by atoms with Crippen molar-refractivity contribution in [3.05, 3.63) is 83.4 Å². The molecule has 1 amide bonds. The molecule has 0 bridgehead atoms. The van der Waals surface area contributed by atoms with E-state index in [2.05, 4.69) is 4.74 Å². The Bertz CT molecular complexity index is 1310. The average molecular weight is 539 g/mol. The lowest BCUT2D eigenvalue weighted by molar-refractivity contribution is -0.274. The third-order valence-corrected chi connectivity index (χ3v) is 5.57. The van der Waals surface area contributed by atoms with Crippen molar-refractivity contribution in [2.45, 2.75) is 45.3 Å². The number of alkyl halides is 6. The molecule has 0 saturated carbocycles. The van der Waals surface area contributed by atoms with E-state index in [1.807, 2.05) is 20.8 Å². The van der Waals surface area contributed by atoms with Gasteiger partial charge < -0.3 is 9.84 Å². The Morgan fingerprint density at radius 2 is 1.37 bits per heavy atom. The minimum absolute atomic E-state index is 0.0872. The summed E-state index contributed by atoms with van der Waals surface area (Å²) >= 11 is 0. The van der Waals surface area contributed by atoms with Gasteiger partial charge in [-0.2, -0.15) is 13.2 Å². The molecule has 3 aromatic rings. The predicted molar refractivity (Wildman–Crippen MR) is 128 cm³/mol. The molecule has 11 heteroatoms. The average Bonchev–Trinajstić information content (AvgIpc) is 2.80. The highest BCUT2D eigenvalue weighted by molar-refractivity contribution is 6.37. The Labute approximate surface area is 214 Å². The SMILES string of the molecule is CC(C)(C)c1ccc(CN(C(=O)C(=O)O)c2cc(-c3ccc(OC(F)(F)F)cc3)cc(C(F)(F)F)c2)cc1. The van der Waals surface area contributed by atoms with Gasteiger partial charge in [0, 0.05) is 5.69 Å². The molecule has 0 aliphatic heterocycles. The molecule has 0 aliphatic rings. The van der Waals surface area contributed by atoms with E-state index in [1.165, 1.54) is 6.07 Å². The van der Waals surface area contributed by atoms with Crippen molar-refractivity contribution in [2.24, 2.45) is 0 Å². The van der Waals surface area contributed by atoms with Crippen molar-refractivity contribution in [1.82, 2.24) is 0 Å². The van der Waals surface area contributed by atoms with Crippen LogP contribution < -0.4 is 9.64 Å². The Morgan fingerprint density at radius 3 is 1.84 bits per heavy atom. The number of ether oxygens (including phenoxy) is 1. The summed E-state index contributed by atoms with van der Waals surface area (Å²) in [4.78, 5) is 24.8. The number of hydrogen-bond acceptors (Lipinski definition) is 3. The summed E-state index contributed by atoms with van der Waals surface area (Å²) < 4.78 is 82.4. The van der Waals surface area contributed by atoms with Crippen LogP contribution in [0.25, 0.3) is 11.1 Å². The molecule has 1 N–H and O–H groups in total. The minimum atomic E-state index is -4.95. The van der Waals surface area contributed by atoms with Gasteiger partial charge in [0.1, 0.15) is 5.75 Å². The van der Waals surface area contributed by atoms with Crippen LogP contribution in [0.4, 0.5) is 32.0 Å². The number of carbonyl (C=O) groups excluding carboxylic acids is 1. The summed E-state index contributed by atoms with van der Waals surface area (Å²) in [5, 5.41) is 9.36. The van der Waals surface area contributed by atoms with Crippen LogP contribution in [-0.2, 0) is 27.7 Å². The van der Waals surface area contributed by atoms with Crippen molar-refractivity contribution in [2.75, 3.05) is 4.90 Å². The van der Waals surface area contributed by atoms with Crippen LogP contribution in [-0.4, -0.2) is 23.3 Å². The molecule has 0 unspecified atom stereocenters. The maximum Gasteiger partial charge on any atom is 0.573 e. The van der Waals surface area contributed by atoms with Gasteiger partial charge in [-0.05, 0) is 58.0 Å². The first-order valence-electron chi connectivity index (χ1n) is 11.2. The first-order valence-corrected chi connectivity index (χ1v) is 11.2. The molecule has 0 spiro atoms. The number of amides is 1. The molecule has 0 saturated heterocycles. The lowest BCUT2D eigenvalue weighted by atomic mass is 9.87. The summed E-state index contributed by atoms with van der Waals surface area (Å²) in [7, 11) is 0. The fraction of sp³-hybridized carbons (Fsp3) is 0.259. The number of anilines is 1. The van der Waals surface area contributed by atoms with Gasteiger partial charge in [0.25, 0.3) is 0 Å². The fourth-order valence-electron chi connectivity index (χ4n) is 3.63. The van der Waals surface area contributed by atoms with Crippen LogP contribution >= 0.6 is 0 Å². The van der Waals surface area contributed by atoms with E-state index in [0.717, 1.165) is 35.9 Å². The molecule has 38 heavy (non-hydrogen) atoms. The number of rotatable bonds is 5.